The third-order valence-electron chi connectivity index (χ3n) is 2.90. The average molecular weight is 288 g/mol. The average Bonchev–Trinajstić information content (AvgIpc) is 2.44. The van der Waals surface area contributed by atoms with E-state index < -0.39 is 11.8 Å². The van der Waals surface area contributed by atoms with E-state index in [2.05, 4.69) is 10.6 Å². The number of benzene rings is 2. The van der Waals surface area contributed by atoms with E-state index in [-0.39, 0.29) is 5.69 Å². The quantitative estimate of drug-likeness (QED) is 0.895. The van der Waals surface area contributed by atoms with Crippen molar-refractivity contribution in [2.45, 2.75) is 13.5 Å². The van der Waals surface area contributed by atoms with Crippen LogP contribution in [0.3, 0.4) is 0 Å². The van der Waals surface area contributed by atoms with Crippen LogP contribution in [0.5, 0.6) is 0 Å². The summed E-state index contributed by atoms with van der Waals surface area (Å²) in [5, 5.41) is 5.12. The van der Waals surface area contributed by atoms with Crippen molar-refractivity contribution in [2.75, 3.05) is 17.7 Å². The predicted molar refractivity (Wildman–Crippen MR) is 80.9 cm³/mol. The summed E-state index contributed by atoms with van der Waals surface area (Å²) in [7, 11) is 1.62. The molecule has 5 heteroatoms. The van der Waals surface area contributed by atoms with Crippen molar-refractivity contribution < 1.29 is 13.9 Å². The Morgan fingerprint density at radius 1 is 1.14 bits per heavy atom. The normalized spacial score (nSPS) is 10.2. The second-order valence-electron chi connectivity index (χ2n) is 4.69. The summed E-state index contributed by atoms with van der Waals surface area (Å²) >= 11 is 0. The zero-order valence-corrected chi connectivity index (χ0v) is 11.9. The maximum atomic E-state index is 13.6. The molecule has 0 unspecified atom stereocenters. The number of hydrogen-bond donors (Lipinski definition) is 2. The maximum Gasteiger partial charge on any atom is 0.323 e. The van der Waals surface area contributed by atoms with Gasteiger partial charge < -0.3 is 15.4 Å². The van der Waals surface area contributed by atoms with E-state index in [1.54, 1.807) is 32.2 Å². The number of carbonyl (C=O) groups is 1. The summed E-state index contributed by atoms with van der Waals surface area (Å²) in [5.41, 5.74) is 2.58. The van der Waals surface area contributed by atoms with Crippen LogP contribution in [0, 0.1) is 12.7 Å². The fourth-order valence-corrected chi connectivity index (χ4v) is 1.86. The van der Waals surface area contributed by atoms with E-state index in [0.29, 0.717) is 12.3 Å². The lowest BCUT2D eigenvalue weighted by molar-refractivity contribution is 0.185. The van der Waals surface area contributed by atoms with Crippen molar-refractivity contribution in [1.29, 1.82) is 0 Å². The Bertz CT molecular complexity index is 627. The van der Waals surface area contributed by atoms with Gasteiger partial charge >= 0.3 is 6.03 Å². The second kappa shape index (κ2) is 6.85. The highest BCUT2D eigenvalue weighted by molar-refractivity contribution is 5.99. The van der Waals surface area contributed by atoms with Crippen LogP contribution in [0.4, 0.5) is 20.6 Å². The first-order chi connectivity index (χ1) is 10.1. The molecule has 2 rings (SSSR count). The Hall–Kier alpha value is -2.40. The highest BCUT2D eigenvalue weighted by Crippen LogP contribution is 2.16. The van der Waals surface area contributed by atoms with Crippen LogP contribution in [-0.4, -0.2) is 13.1 Å². The molecule has 0 saturated carbocycles. The van der Waals surface area contributed by atoms with Crippen LogP contribution < -0.4 is 10.6 Å². The molecule has 0 radical (unpaired) electrons. The first-order valence-corrected chi connectivity index (χ1v) is 6.50. The summed E-state index contributed by atoms with van der Waals surface area (Å²) in [6, 6.07) is 11.4. The van der Waals surface area contributed by atoms with Crippen LogP contribution in [0.25, 0.3) is 0 Å². The highest BCUT2D eigenvalue weighted by Gasteiger charge is 2.07. The van der Waals surface area contributed by atoms with Crippen molar-refractivity contribution in [3.8, 4) is 0 Å². The molecule has 0 fully saturated rings. The molecule has 2 amide bonds. The molecule has 2 aromatic carbocycles. The Balaban J connectivity index is 1.98. The van der Waals surface area contributed by atoms with Gasteiger partial charge in [-0.1, -0.05) is 18.2 Å². The van der Waals surface area contributed by atoms with E-state index in [0.717, 1.165) is 11.1 Å². The van der Waals surface area contributed by atoms with Crippen LogP contribution in [-0.2, 0) is 11.3 Å². The third kappa shape index (κ3) is 4.29. The summed E-state index contributed by atoms with van der Waals surface area (Å²) in [5.74, 6) is -0.458. The molecule has 2 N–H and O–H groups in total. The minimum atomic E-state index is -0.489. The molecule has 0 aliphatic carbocycles. The van der Waals surface area contributed by atoms with Crippen LogP contribution in [0.2, 0.25) is 0 Å². The molecule has 2 aromatic rings. The molecule has 4 nitrogen and oxygen atoms in total. The lowest BCUT2D eigenvalue weighted by Crippen LogP contribution is -2.20. The number of methoxy groups -OCH3 is 1. The second-order valence-corrected chi connectivity index (χ2v) is 4.69. The lowest BCUT2D eigenvalue weighted by atomic mass is 10.2. The third-order valence-corrected chi connectivity index (χ3v) is 2.90. The Morgan fingerprint density at radius 2 is 1.86 bits per heavy atom. The van der Waals surface area contributed by atoms with Gasteiger partial charge in [-0.15, -0.1) is 0 Å². The Labute approximate surface area is 122 Å². The fraction of sp³-hybridized carbons (Fsp3) is 0.188. The number of amides is 2. The fourth-order valence-electron chi connectivity index (χ4n) is 1.86. The summed E-state index contributed by atoms with van der Waals surface area (Å²) in [6.45, 7) is 2.30. The van der Waals surface area contributed by atoms with Gasteiger partial charge in [-0.25, -0.2) is 9.18 Å². The number of anilines is 2. The number of urea groups is 1. The van der Waals surface area contributed by atoms with Gasteiger partial charge in [-0.05, 0) is 42.3 Å². The predicted octanol–water partition coefficient (Wildman–Crippen LogP) is 3.92. The van der Waals surface area contributed by atoms with Gasteiger partial charge in [-0.2, -0.15) is 0 Å². The maximum absolute atomic E-state index is 13.6. The van der Waals surface area contributed by atoms with E-state index in [4.69, 9.17) is 4.74 Å². The van der Waals surface area contributed by atoms with E-state index in [9.17, 15) is 9.18 Å². The largest absolute Gasteiger partial charge is 0.380 e. The molecule has 21 heavy (non-hydrogen) atoms. The first kappa shape index (κ1) is 15.0. The first-order valence-electron chi connectivity index (χ1n) is 6.50. The molecule has 0 aliphatic rings. The number of hydrogen-bond acceptors (Lipinski definition) is 2. The molecule has 0 spiro atoms. The molecular formula is C16H17FN2O2. The van der Waals surface area contributed by atoms with E-state index >= 15 is 0 Å². The molecule has 0 aromatic heterocycles. The zero-order valence-electron chi connectivity index (χ0n) is 11.9. The number of aryl methyl sites for hydroxylation is 1. The minimum Gasteiger partial charge on any atom is -0.380 e. The number of halogens is 1. The van der Waals surface area contributed by atoms with Crippen LogP contribution in [0.15, 0.2) is 42.5 Å². The number of carbonyl (C=O) groups excluding carboxylic acids is 1. The topological polar surface area (TPSA) is 50.4 Å². The van der Waals surface area contributed by atoms with Gasteiger partial charge in [0.25, 0.3) is 0 Å². The molecule has 110 valence electrons. The summed E-state index contributed by atoms with van der Waals surface area (Å²) in [6.07, 6.45) is 0. The standard InChI is InChI=1S/C16H17FN2O2/c1-11-3-8-15(14(17)9-11)19-16(20)18-13-6-4-12(5-7-13)10-21-2/h3-9H,10H2,1-2H3,(H2,18,19,20). The lowest BCUT2D eigenvalue weighted by Gasteiger charge is -2.09. The molecule has 0 bridgehead atoms. The van der Waals surface area contributed by atoms with Gasteiger partial charge in [0.05, 0.1) is 12.3 Å². The monoisotopic (exact) mass is 288 g/mol. The van der Waals surface area contributed by atoms with Crippen molar-refractivity contribution in [3.05, 3.63) is 59.4 Å². The van der Waals surface area contributed by atoms with Crippen LogP contribution in [0.1, 0.15) is 11.1 Å². The van der Waals surface area contributed by atoms with Crippen molar-refractivity contribution in [1.82, 2.24) is 0 Å². The summed E-state index contributed by atoms with van der Waals surface area (Å²) < 4.78 is 18.6. The number of ether oxygens (including phenoxy) is 1. The minimum absolute atomic E-state index is 0.147. The van der Waals surface area contributed by atoms with E-state index in [1.165, 1.54) is 12.1 Å². The number of rotatable bonds is 4. The molecular weight excluding hydrogens is 271 g/mol. The van der Waals surface area contributed by atoms with Gasteiger partial charge in [0.15, 0.2) is 0 Å². The van der Waals surface area contributed by atoms with Crippen molar-refractivity contribution in [2.24, 2.45) is 0 Å². The molecule has 0 saturated heterocycles. The Kier molecular flexibility index (Phi) is 4.90. The highest BCUT2D eigenvalue weighted by atomic mass is 19.1. The number of nitrogens with one attached hydrogen (secondary N) is 2. The molecule has 0 aliphatic heterocycles. The smallest absolute Gasteiger partial charge is 0.323 e. The van der Waals surface area contributed by atoms with Crippen molar-refractivity contribution >= 4 is 17.4 Å². The zero-order chi connectivity index (χ0) is 15.2. The van der Waals surface area contributed by atoms with Gasteiger partial charge in [-0.3, -0.25) is 0 Å². The molecule has 0 heterocycles. The SMILES string of the molecule is COCc1ccc(NC(=O)Nc2ccc(C)cc2F)cc1. The molecule has 0 atom stereocenters. The van der Waals surface area contributed by atoms with Gasteiger partial charge in [0, 0.05) is 12.8 Å². The van der Waals surface area contributed by atoms with Crippen LogP contribution >= 0.6 is 0 Å². The van der Waals surface area contributed by atoms with Crippen molar-refractivity contribution in [3.63, 3.8) is 0 Å². The van der Waals surface area contributed by atoms with E-state index in [1.807, 2.05) is 12.1 Å². The Morgan fingerprint density at radius 3 is 2.48 bits per heavy atom. The summed E-state index contributed by atoms with van der Waals surface area (Å²) in [4.78, 5) is 11.8. The van der Waals surface area contributed by atoms with Gasteiger partial charge in [0.1, 0.15) is 5.82 Å². The van der Waals surface area contributed by atoms with Gasteiger partial charge in [0.2, 0.25) is 0 Å².